The molecule has 1 aromatic carbocycles. The highest BCUT2D eigenvalue weighted by Gasteiger charge is 2.32. The number of carboxylic acid groups (broad SMARTS) is 1. The molecule has 7 heteroatoms. The number of hydrogen-bond donors (Lipinski definition) is 2. The van der Waals surface area contributed by atoms with Crippen molar-refractivity contribution < 1.29 is 9.90 Å². The van der Waals surface area contributed by atoms with E-state index in [1.54, 1.807) is 18.5 Å². The first-order valence-corrected chi connectivity index (χ1v) is 8.90. The summed E-state index contributed by atoms with van der Waals surface area (Å²) in [6.07, 6.45) is 3.56. The Morgan fingerprint density at radius 1 is 1.19 bits per heavy atom. The molecule has 1 fully saturated rings. The van der Waals surface area contributed by atoms with E-state index in [0.717, 1.165) is 35.4 Å². The van der Waals surface area contributed by atoms with Crippen molar-refractivity contribution in [3.63, 3.8) is 0 Å². The van der Waals surface area contributed by atoms with Crippen LogP contribution in [0.5, 0.6) is 0 Å². The predicted molar refractivity (Wildman–Crippen MR) is 102 cm³/mol. The summed E-state index contributed by atoms with van der Waals surface area (Å²) in [5, 5.41) is 11.4. The Kier molecular flexibility index (Phi) is 4.53. The lowest BCUT2D eigenvalue weighted by molar-refractivity contribution is -0.143. The number of aliphatic carboxylic acids is 1. The maximum atomic E-state index is 12.1. The largest absolute Gasteiger partial charge is 0.480 e. The molecular weight excluding hydrogens is 352 g/mol. The first-order valence-electron chi connectivity index (χ1n) is 8.53. The topological polar surface area (TPSA) is 72.5 Å². The average molecular weight is 371 g/mol. The number of rotatable bonds is 4. The molecule has 0 aliphatic carbocycles. The molecule has 3 aromatic rings. The van der Waals surface area contributed by atoms with Crippen molar-refractivity contribution in [3.8, 4) is 0 Å². The van der Waals surface area contributed by atoms with E-state index < -0.39 is 12.0 Å². The van der Waals surface area contributed by atoms with Gasteiger partial charge in [0.15, 0.2) is 0 Å². The second kappa shape index (κ2) is 6.97. The molecule has 1 aliphatic rings. The zero-order valence-electron chi connectivity index (χ0n) is 14.1. The van der Waals surface area contributed by atoms with E-state index in [0.29, 0.717) is 18.1 Å². The van der Waals surface area contributed by atoms with Gasteiger partial charge in [0.1, 0.15) is 11.9 Å². The van der Waals surface area contributed by atoms with Gasteiger partial charge in [-0.1, -0.05) is 17.7 Å². The minimum Gasteiger partial charge on any atom is -0.480 e. The van der Waals surface area contributed by atoms with Crippen LogP contribution in [0.1, 0.15) is 11.6 Å². The van der Waals surface area contributed by atoms with Gasteiger partial charge in [-0.3, -0.25) is 9.69 Å². The Labute approximate surface area is 156 Å². The molecule has 3 heterocycles. The maximum Gasteiger partial charge on any atom is 0.325 e. The Morgan fingerprint density at radius 3 is 2.69 bits per heavy atom. The van der Waals surface area contributed by atoms with Gasteiger partial charge in [-0.25, -0.2) is 4.98 Å². The van der Waals surface area contributed by atoms with Crippen LogP contribution in [0.25, 0.3) is 10.9 Å². The molecule has 0 unspecified atom stereocenters. The fourth-order valence-corrected chi connectivity index (χ4v) is 3.75. The van der Waals surface area contributed by atoms with E-state index in [2.05, 4.69) is 14.9 Å². The third-order valence-corrected chi connectivity index (χ3v) is 5.09. The molecule has 2 N–H and O–H groups in total. The van der Waals surface area contributed by atoms with Crippen LogP contribution in [0, 0.1) is 0 Å². The van der Waals surface area contributed by atoms with Gasteiger partial charge in [0.25, 0.3) is 0 Å². The number of carbonyl (C=O) groups is 1. The molecule has 134 valence electrons. The summed E-state index contributed by atoms with van der Waals surface area (Å²) in [5.41, 5.74) is 1.64. The van der Waals surface area contributed by atoms with E-state index in [4.69, 9.17) is 11.6 Å². The molecule has 0 saturated carbocycles. The van der Waals surface area contributed by atoms with Gasteiger partial charge in [0.05, 0.1) is 0 Å². The lowest BCUT2D eigenvalue weighted by atomic mass is 10.0. The monoisotopic (exact) mass is 370 g/mol. The summed E-state index contributed by atoms with van der Waals surface area (Å²) in [4.78, 5) is 23.8. The molecule has 26 heavy (non-hydrogen) atoms. The number of nitrogens with zero attached hydrogens (tertiary/aromatic N) is 3. The van der Waals surface area contributed by atoms with Crippen molar-refractivity contribution >= 4 is 34.3 Å². The number of halogens is 1. The Bertz CT molecular complexity index is 920. The second-order valence-electron chi connectivity index (χ2n) is 6.39. The van der Waals surface area contributed by atoms with E-state index in [1.807, 2.05) is 35.2 Å². The van der Waals surface area contributed by atoms with Gasteiger partial charge < -0.3 is 15.0 Å². The SMILES string of the molecule is O=C(O)[C@H](c1c[nH]c2ccc(Cl)cc12)N1CCN(c2ccccn2)CC1. The summed E-state index contributed by atoms with van der Waals surface area (Å²) in [7, 11) is 0. The highest BCUT2D eigenvalue weighted by Crippen LogP contribution is 2.31. The third kappa shape index (κ3) is 3.13. The van der Waals surface area contributed by atoms with E-state index in [1.165, 1.54) is 0 Å². The van der Waals surface area contributed by atoms with Crippen LogP contribution in [-0.4, -0.2) is 52.1 Å². The molecular formula is C19H19ClN4O2. The number of piperazine rings is 1. The number of benzene rings is 1. The number of anilines is 1. The van der Waals surface area contributed by atoms with Crippen molar-refractivity contribution in [2.45, 2.75) is 6.04 Å². The van der Waals surface area contributed by atoms with Gasteiger partial charge in [0, 0.05) is 60.1 Å². The molecule has 0 amide bonds. The third-order valence-electron chi connectivity index (χ3n) is 4.86. The summed E-state index contributed by atoms with van der Waals surface area (Å²) in [5.74, 6) is 0.0788. The first-order chi connectivity index (χ1) is 12.6. The Morgan fingerprint density at radius 2 is 2.00 bits per heavy atom. The fraction of sp³-hybridized carbons (Fsp3) is 0.263. The first kappa shape index (κ1) is 16.9. The summed E-state index contributed by atoms with van der Waals surface area (Å²) < 4.78 is 0. The highest BCUT2D eigenvalue weighted by atomic mass is 35.5. The number of fused-ring (bicyclic) bond motifs is 1. The highest BCUT2D eigenvalue weighted by molar-refractivity contribution is 6.31. The molecule has 1 atom stereocenters. The summed E-state index contributed by atoms with van der Waals surface area (Å²) in [6, 6.07) is 10.6. The molecule has 0 bridgehead atoms. The molecule has 6 nitrogen and oxygen atoms in total. The lowest BCUT2D eigenvalue weighted by Crippen LogP contribution is -2.49. The van der Waals surface area contributed by atoms with Gasteiger partial charge in [-0.15, -0.1) is 0 Å². The summed E-state index contributed by atoms with van der Waals surface area (Å²) >= 11 is 6.12. The summed E-state index contributed by atoms with van der Waals surface area (Å²) in [6.45, 7) is 2.79. The fourth-order valence-electron chi connectivity index (χ4n) is 3.58. The van der Waals surface area contributed by atoms with Crippen molar-refractivity contribution in [1.29, 1.82) is 0 Å². The van der Waals surface area contributed by atoms with Crippen LogP contribution >= 0.6 is 11.6 Å². The van der Waals surface area contributed by atoms with Crippen LogP contribution in [0.4, 0.5) is 5.82 Å². The van der Waals surface area contributed by atoms with E-state index >= 15 is 0 Å². The Balaban J connectivity index is 1.58. The average Bonchev–Trinajstić information content (AvgIpc) is 3.06. The van der Waals surface area contributed by atoms with Crippen molar-refractivity contribution in [2.75, 3.05) is 31.1 Å². The molecule has 1 saturated heterocycles. The molecule has 0 spiro atoms. The van der Waals surface area contributed by atoms with Crippen molar-refractivity contribution in [1.82, 2.24) is 14.9 Å². The lowest BCUT2D eigenvalue weighted by Gasteiger charge is -2.38. The van der Waals surface area contributed by atoms with Gasteiger partial charge >= 0.3 is 5.97 Å². The molecule has 1 aliphatic heterocycles. The number of carboxylic acids is 1. The van der Waals surface area contributed by atoms with Crippen LogP contribution in [-0.2, 0) is 4.79 Å². The predicted octanol–water partition coefficient (Wildman–Crippen LogP) is 3.16. The number of aromatic amines is 1. The normalized spacial score (nSPS) is 16.7. The molecule has 2 aromatic heterocycles. The van der Waals surface area contributed by atoms with E-state index in [-0.39, 0.29) is 0 Å². The van der Waals surface area contributed by atoms with Crippen LogP contribution in [0.15, 0.2) is 48.8 Å². The number of pyridine rings is 1. The smallest absolute Gasteiger partial charge is 0.325 e. The van der Waals surface area contributed by atoms with Crippen molar-refractivity contribution in [2.24, 2.45) is 0 Å². The molecule has 0 radical (unpaired) electrons. The maximum absolute atomic E-state index is 12.1. The van der Waals surface area contributed by atoms with E-state index in [9.17, 15) is 9.90 Å². The standard InChI is InChI=1S/C19H19ClN4O2/c20-13-4-5-16-14(11-13)15(12-22-16)18(19(25)26)24-9-7-23(8-10-24)17-3-1-2-6-21-17/h1-6,11-12,18,22H,7-10H2,(H,25,26)/t18-/m0/s1. The zero-order valence-corrected chi connectivity index (χ0v) is 14.9. The van der Waals surface area contributed by atoms with Gasteiger partial charge in [-0.05, 0) is 30.3 Å². The van der Waals surface area contributed by atoms with Crippen LogP contribution < -0.4 is 4.90 Å². The van der Waals surface area contributed by atoms with Crippen molar-refractivity contribution in [3.05, 3.63) is 59.4 Å². The number of hydrogen-bond acceptors (Lipinski definition) is 4. The number of H-pyrrole nitrogens is 1. The van der Waals surface area contributed by atoms with Gasteiger partial charge in [-0.2, -0.15) is 0 Å². The number of nitrogens with one attached hydrogen (secondary N) is 1. The number of aromatic nitrogens is 2. The van der Waals surface area contributed by atoms with Crippen LogP contribution in [0.2, 0.25) is 5.02 Å². The quantitative estimate of drug-likeness (QED) is 0.738. The minimum absolute atomic E-state index is 0.600. The zero-order chi connectivity index (χ0) is 18.1. The second-order valence-corrected chi connectivity index (χ2v) is 6.82. The van der Waals surface area contributed by atoms with Gasteiger partial charge in [0.2, 0.25) is 0 Å². The Hall–Kier alpha value is -2.57. The molecule has 4 rings (SSSR count). The van der Waals surface area contributed by atoms with Crippen LogP contribution in [0.3, 0.4) is 0 Å². The minimum atomic E-state index is -0.850.